The van der Waals surface area contributed by atoms with Crippen LogP contribution in [0.3, 0.4) is 0 Å². The Balaban J connectivity index is 1.79. The van der Waals surface area contributed by atoms with E-state index in [9.17, 15) is 10.1 Å². The summed E-state index contributed by atoms with van der Waals surface area (Å²) in [5.74, 6) is 1.22. The Bertz CT molecular complexity index is 838. The molecule has 2 aromatic heterocycles. The molecule has 0 radical (unpaired) electrons. The normalized spacial score (nSPS) is 22.4. The van der Waals surface area contributed by atoms with Crippen molar-refractivity contribution in [3.8, 4) is 6.07 Å². The van der Waals surface area contributed by atoms with E-state index in [1.54, 1.807) is 6.26 Å². The number of nitriles is 1. The molecule has 2 aromatic rings. The Morgan fingerprint density at radius 3 is 2.67 bits per heavy atom. The second-order valence-electron chi connectivity index (χ2n) is 7.35. The molecule has 0 aliphatic carbocycles. The fourth-order valence-corrected chi connectivity index (χ4v) is 3.82. The van der Waals surface area contributed by atoms with Crippen molar-refractivity contribution >= 4 is 11.7 Å². The highest BCUT2D eigenvalue weighted by molar-refractivity contribution is 5.92. The number of carbonyl (C=O) groups excluding carboxylic acids is 1. The van der Waals surface area contributed by atoms with Crippen LogP contribution in [-0.2, 0) is 16.1 Å². The van der Waals surface area contributed by atoms with Crippen LogP contribution in [0.5, 0.6) is 0 Å². The molecular weight excluding hydrogens is 344 g/mol. The van der Waals surface area contributed by atoms with Gasteiger partial charge in [-0.3, -0.25) is 4.79 Å². The molecule has 1 saturated heterocycles. The van der Waals surface area contributed by atoms with Crippen LogP contribution in [0.15, 0.2) is 22.8 Å². The van der Waals surface area contributed by atoms with E-state index in [1.807, 2.05) is 44.4 Å². The summed E-state index contributed by atoms with van der Waals surface area (Å²) in [4.78, 5) is 13.9. The number of nitrogens with zero attached hydrogens (tertiary/aromatic N) is 2. The lowest BCUT2D eigenvalue weighted by Gasteiger charge is -2.31. The first kappa shape index (κ1) is 19.2. The highest BCUT2D eigenvalue weighted by Crippen LogP contribution is 2.27. The van der Waals surface area contributed by atoms with Gasteiger partial charge in [0.15, 0.2) is 6.54 Å². The molecule has 0 spiro atoms. The lowest BCUT2D eigenvalue weighted by atomic mass is 10.2. The highest BCUT2D eigenvalue weighted by atomic mass is 16.5. The van der Waals surface area contributed by atoms with Crippen molar-refractivity contribution in [2.45, 2.75) is 46.4 Å². The predicted molar refractivity (Wildman–Crippen MR) is 101 cm³/mol. The number of furan rings is 1. The number of anilines is 1. The number of hydrogen-bond acceptors (Lipinski definition) is 4. The molecule has 0 saturated carbocycles. The molecule has 27 heavy (non-hydrogen) atoms. The minimum atomic E-state index is -0.0963. The Kier molecular flexibility index (Phi) is 5.68. The predicted octanol–water partition coefficient (Wildman–Crippen LogP) is 1.25. The van der Waals surface area contributed by atoms with Gasteiger partial charge >= 0.3 is 0 Å². The van der Waals surface area contributed by atoms with Gasteiger partial charge in [-0.25, -0.2) is 0 Å². The summed E-state index contributed by atoms with van der Waals surface area (Å²) in [5, 5.41) is 12.6. The lowest BCUT2D eigenvalue weighted by Crippen LogP contribution is -3.16. The van der Waals surface area contributed by atoms with Crippen LogP contribution in [0.1, 0.15) is 36.4 Å². The first-order chi connectivity index (χ1) is 12.9. The fraction of sp³-hybridized carbons (Fsp3) is 0.500. The maximum absolute atomic E-state index is 12.7. The molecule has 1 amide bonds. The minimum absolute atomic E-state index is 0.0963. The summed E-state index contributed by atoms with van der Waals surface area (Å²) in [6.07, 6.45) is 1.89. The molecule has 2 N–H and O–H groups in total. The number of carbonyl (C=O) groups is 1. The summed E-state index contributed by atoms with van der Waals surface area (Å²) in [7, 11) is 0. The maximum atomic E-state index is 12.7. The van der Waals surface area contributed by atoms with Crippen molar-refractivity contribution in [1.82, 2.24) is 4.57 Å². The highest BCUT2D eigenvalue weighted by Gasteiger charge is 2.28. The van der Waals surface area contributed by atoms with Gasteiger partial charge in [0.05, 0.1) is 18.4 Å². The molecule has 1 unspecified atom stereocenters. The average Bonchev–Trinajstić information content (AvgIpc) is 3.17. The smallest absolute Gasteiger partial charge is 0.280 e. The molecule has 0 aromatic carbocycles. The van der Waals surface area contributed by atoms with Gasteiger partial charge in [-0.05, 0) is 45.4 Å². The minimum Gasteiger partial charge on any atom is -0.467 e. The van der Waals surface area contributed by atoms with Crippen LogP contribution in [0, 0.1) is 25.2 Å². The molecule has 7 heteroatoms. The average molecular weight is 371 g/mol. The number of rotatable bonds is 5. The first-order valence-electron chi connectivity index (χ1n) is 9.30. The number of amides is 1. The summed E-state index contributed by atoms with van der Waals surface area (Å²) in [6, 6.07) is 5.94. The van der Waals surface area contributed by atoms with E-state index in [1.165, 1.54) is 4.90 Å². The van der Waals surface area contributed by atoms with E-state index in [4.69, 9.17) is 9.15 Å². The third-order valence-corrected chi connectivity index (χ3v) is 5.12. The standard InChI is InChI=1S/C20H26N4O3/c1-13-9-23(10-14(2)27-13)12-19(25)22-20-18(8-21)15(3)16(4)24(20)11-17-6-5-7-26-17/h5-7,13-14H,9-12H2,1-4H3,(H,22,25)/p+1/t13-,14+. The van der Waals surface area contributed by atoms with Crippen molar-refractivity contribution in [1.29, 1.82) is 5.26 Å². The monoisotopic (exact) mass is 371 g/mol. The molecule has 1 fully saturated rings. The van der Waals surface area contributed by atoms with Crippen molar-refractivity contribution in [3.05, 3.63) is 41.0 Å². The second kappa shape index (κ2) is 7.99. The molecule has 0 bridgehead atoms. The Morgan fingerprint density at radius 2 is 2.07 bits per heavy atom. The van der Waals surface area contributed by atoms with Gasteiger partial charge in [0.1, 0.15) is 42.9 Å². The van der Waals surface area contributed by atoms with Crippen molar-refractivity contribution < 1.29 is 18.8 Å². The number of ether oxygens (including phenoxy) is 1. The van der Waals surface area contributed by atoms with Gasteiger partial charge in [0.2, 0.25) is 0 Å². The zero-order chi connectivity index (χ0) is 19.6. The van der Waals surface area contributed by atoms with Crippen LogP contribution >= 0.6 is 0 Å². The summed E-state index contributed by atoms with van der Waals surface area (Å²) in [6.45, 7) is 10.3. The Morgan fingerprint density at radius 1 is 1.37 bits per heavy atom. The number of morpholine rings is 1. The zero-order valence-electron chi connectivity index (χ0n) is 16.3. The van der Waals surface area contributed by atoms with Crippen LogP contribution < -0.4 is 10.2 Å². The van der Waals surface area contributed by atoms with Gasteiger partial charge < -0.3 is 23.9 Å². The topological polar surface area (TPSA) is 84.6 Å². The number of nitrogens with one attached hydrogen (secondary N) is 2. The number of aromatic nitrogens is 1. The van der Waals surface area contributed by atoms with E-state index in [2.05, 4.69) is 11.4 Å². The number of quaternary nitrogens is 1. The van der Waals surface area contributed by atoms with Crippen molar-refractivity contribution in [2.24, 2.45) is 0 Å². The van der Waals surface area contributed by atoms with E-state index >= 15 is 0 Å². The third-order valence-electron chi connectivity index (χ3n) is 5.12. The van der Waals surface area contributed by atoms with Crippen molar-refractivity contribution in [2.75, 3.05) is 25.0 Å². The molecule has 3 atom stereocenters. The van der Waals surface area contributed by atoms with Crippen molar-refractivity contribution in [3.63, 3.8) is 0 Å². The molecule has 1 aliphatic heterocycles. The second-order valence-corrected chi connectivity index (χ2v) is 7.35. The number of hydrogen-bond donors (Lipinski definition) is 2. The van der Waals surface area contributed by atoms with E-state index in [-0.39, 0.29) is 18.1 Å². The molecular formula is C20H27N4O3+. The fourth-order valence-electron chi connectivity index (χ4n) is 3.82. The molecule has 1 aliphatic rings. The van der Waals surface area contributed by atoms with Crippen LogP contribution in [0.25, 0.3) is 0 Å². The maximum Gasteiger partial charge on any atom is 0.280 e. The van der Waals surface area contributed by atoms with E-state index < -0.39 is 0 Å². The van der Waals surface area contributed by atoms with E-state index in [0.717, 1.165) is 30.1 Å². The Labute approximate surface area is 159 Å². The lowest BCUT2D eigenvalue weighted by molar-refractivity contribution is -0.907. The molecule has 7 nitrogen and oxygen atoms in total. The summed E-state index contributed by atoms with van der Waals surface area (Å²) >= 11 is 0. The van der Waals surface area contributed by atoms with Crippen LogP contribution in [0.2, 0.25) is 0 Å². The quantitative estimate of drug-likeness (QED) is 0.828. The summed E-state index contributed by atoms with van der Waals surface area (Å²) < 4.78 is 13.1. The van der Waals surface area contributed by atoms with Gasteiger partial charge in [0.25, 0.3) is 5.91 Å². The zero-order valence-corrected chi connectivity index (χ0v) is 16.3. The van der Waals surface area contributed by atoms with Gasteiger partial charge in [0, 0.05) is 5.69 Å². The van der Waals surface area contributed by atoms with E-state index in [0.29, 0.717) is 24.5 Å². The largest absolute Gasteiger partial charge is 0.467 e. The molecule has 144 valence electrons. The Hall–Kier alpha value is -2.56. The molecule has 3 heterocycles. The van der Waals surface area contributed by atoms with Gasteiger partial charge in [-0.15, -0.1) is 0 Å². The SMILES string of the molecule is Cc1c(C#N)c(NC(=O)C[NH+]2C[C@@H](C)O[C@@H](C)C2)n(Cc2ccco2)c1C. The van der Waals surface area contributed by atoms with Crippen LogP contribution in [0.4, 0.5) is 5.82 Å². The third kappa shape index (κ3) is 4.24. The summed E-state index contributed by atoms with van der Waals surface area (Å²) in [5.41, 5.74) is 2.32. The van der Waals surface area contributed by atoms with Crippen LogP contribution in [-0.4, -0.2) is 42.3 Å². The van der Waals surface area contributed by atoms with Gasteiger partial charge in [-0.1, -0.05) is 0 Å². The first-order valence-corrected chi connectivity index (χ1v) is 9.30. The van der Waals surface area contributed by atoms with Gasteiger partial charge in [-0.2, -0.15) is 5.26 Å². The molecule has 3 rings (SSSR count).